The third kappa shape index (κ3) is 4.81. The van der Waals surface area contributed by atoms with Crippen LogP contribution in [-0.2, 0) is 11.0 Å². The molecule has 2 rings (SSSR count). The summed E-state index contributed by atoms with van der Waals surface area (Å²) < 4.78 is 51.9. The largest absolute Gasteiger partial charge is 0.433 e. The van der Waals surface area contributed by atoms with Crippen LogP contribution in [0.3, 0.4) is 0 Å². The minimum Gasteiger partial charge on any atom is -0.309 e. The molecule has 0 saturated carbocycles. The first-order valence-corrected chi connectivity index (χ1v) is 7.79. The van der Waals surface area contributed by atoms with Crippen molar-refractivity contribution in [2.24, 2.45) is 0 Å². The number of nitrogens with zero attached hydrogens (tertiary/aromatic N) is 2. The van der Waals surface area contributed by atoms with Crippen LogP contribution >= 0.6 is 11.9 Å². The Hall–Kier alpha value is -1.35. The van der Waals surface area contributed by atoms with Gasteiger partial charge in [0, 0.05) is 13.1 Å². The second-order valence-corrected chi connectivity index (χ2v) is 7.46. The topological polar surface area (TPSA) is 45.2 Å². The molecule has 1 aliphatic rings. The minimum absolute atomic E-state index is 0.164. The van der Waals surface area contributed by atoms with Crippen LogP contribution in [0.4, 0.5) is 23.4 Å². The molecule has 4 nitrogen and oxygen atoms in total. The molecule has 1 atom stereocenters. The molecule has 9 heteroatoms. The van der Waals surface area contributed by atoms with Crippen molar-refractivity contribution in [3.05, 3.63) is 23.9 Å². The molecule has 1 aromatic rings. The van der Waals surface area contributed by atoms with E-state index in [-0.39, 0.29) is 12.4 Å². The first-order valence-electron chi connectivity index (χ1n) is 7.02. The molecule has 1 aliphatic heterocycles. The summed E-state index contributed by atoms with van der Waals surface area (Å²) >= 11 is 1.18. The van der Waals surface area contributed by atoms with Crippen molar-refractivity contribution in [3.63, 3.8) is 0 Å². The Balaban J connectivity index is 2.03. The number of carbonyl (C=O) groups is 1. The van der Waals surface area contributed by atoms with Crippen molar-refractivity contribution in [3.8, 4) is 0 Å². The Morgan fingerprint density at radius 3 is 2.65 bits per heavy atom. The standard InChI is InChI=1S/C14H17F4N3OS/c1-13(2,23-21-7-6-9(15)8-21)12(22)20-11-5-3-4-10(19-11)14(16,17)18/h3-5,9H,6-8H2,1-2H3,(H,19,20,22). The van der Waals surface area contributed by atoms with Crippen LogP contribution in [-0.4, -0.2) is 39.2 Å². The lowest BCUT2D eigenvalue weighted by atomic mass is 10.2. The lowest BCUT2D eigenvalue weighted by Gasteiger charge is -2.27. The summed E-state index contributed by atoms with van der Waals surface area (Å²) in [6.07, 6.45) is -5.07. The van der Waals surface area contributed by atoms with Crippen molar-refractivity contribution in [1.82, 2.24) is 9.29 Å². The van der Waals surface area contributed by atoms with Gasteiger partial charge in [-0.2, -0.15) is 13.2 Å². The molecule has 1 amide bonds. The molecule has 0 spiro atoms. The number of halogens is 4. The monoisotopic (exact) mass is 351 g/mol. The summed E-state index contributed by atoms with van der Waals surface area (Å²) in [6.45, 7) is 4.03. The predicted molar refractivity (Wildman–Crippen MR) is 80.6 cm³/mol. The van der Waals surface area contributed by atoms with E-state index in [1.54, 1.807) is 18.2 Å². The van der Waals surface area contributed by atoms with Gasteiger partial charge in [0.05, 0.1) is 0 Å². The lowest BCUT2D eigenvalue weighted by molar-refractivity contribution is -0.141. The molecule has 1 saturated heterocycles. The average molecular weight is 351 g/mol. The minimum atomic E-state index is -4.57. The number of amides is 1. The van der Waals surface area contributed by atoms with Crippen LogP contribution in [0.25, 0.3) is 0 Å². The maximum absolute atomic E-state index is 13.2. The number of anilines is 1. The molecule has 1 N–H and O–H groups in total. The van der Waals surface area contributed by atoms with Gasteiger partial charge in [-0.1, -0.05) is 18.0 Å². The van der Waals surface area contributed by atoms with Crippen LogP contribution in [0.1, 0.15) is 26.0 Å². The molecule has 1 aromatic heterocycles. The molecule has 1 unspecified atom stereocenters. The highest BCUT2D eigenvalue weighted by atomic mass is 32.2. The molecule has 1 fully saturated rings. The van der Waals surface area contributed by atoms with E-state index in [9.17, 15) is 22.4 Å². The number of carbonyl (C=O) groups excluding carboxylic acids is 1. The fraction of sp³-hybridized carbons (Fsp3) is 0.571. The number of aromatic nitrogens is 1. The van der Waals surface area contributed by atoms with Gasteiger partial charge in [0.25, 0.3) is 0 Å². The van der Waals surface area contributed by atoms with Crippen LogP contribution in [0.2, 0.25) is 0 Å². The maximum atomic E-state index is 13.2. The third-order valence-corrected chi connectivity index (χ3v) is 4.51. The van der Waals surface area contributed by atoms with E-state index in [0.717, 1.165) is 6.07 Å². The van der Waals surface area contributed by atoms with E-state index < -0.39 is 28.7 Å². The van der Waals surface area contributed by atoms with Gasteiger partial charge in [0.15, 0.2) is 0 Å². The Morgan fingerprint density at radius 1 is 1.39 bits per heavy atom. The summed E-state index contributed by atoms with van der Waals surface area (Å²) in [6, 6.07) is 3.31. The number of nitrogens with one attached hydrogen (secondary N) is 1. The van der Waals surface area contributed by atoms with Crippen molar-refractivity contribution in [1.29, 1.82) is 0 Å². The van der Waals surface area contributed by atoms with Gasteiger partial charge in [-0.25, -0.2) is 13.7 Å². The van der Waals surface area contributed by atoms with E-state index in [1.165, 1.54) is 24.1 Å². The summed E-state index contributed by atoms with van der Waals surface area (Å²) in [7, 11) is 0. The smallest absolute Gasteiger partial charge is 0.309 e. The summed E-state index contributed by atoms with van der Waals surface area (Å²) in [4.78, 5) is 15.7. The van der Waals surface area contributed by atoms with E-state index in [2.05, 4.69) is 10.3 Å². The maximum Gasteiger partial charge on any atom is 0.433 e. The molecule has 0 aromatic carbocycles. The van der Waals surface area contributed by atoms with Gasteiger partial charge in [-0.3, -0.25) is 4.79 Å². The summed E-state index contributed by atoms with van der Waals surface area (Å²) in [5.41, 5.74) is -1.07. The van der Waals surface area contributed by atoms with Crippen LogP contribution in [0.15, 0.2) is 18.2 Å². The Kier molecular flexibility index (Phi) is 5.20. The first kappa shape index (κ1) is 18.0. The number of pyridine rings is 1. The van der Waals surface area contributed by atoms with E-state index in [0.29, 0.717) is 13.0 Å². The highest BCUT2D eigenvalue weighted by Crippen LogP contribution is 2.33. The predicted octanol–water partition coefficient (Wildman–Crippen LogP) is 3.51. The highest BCUT2D eigenvalue weighted by molar-refractivity contribution is 7.99. The van der Waals surface area contributed by atoms with Crippen molar-refractivity contribution in [2.75, 3.05) is 18.4 Å². The Morgan fingerprint density at radius 2 is 2.09 bits per heavy atom. The number of alkyl halides is 4. The zero-order chi connectivity index (χ0) is 17.3. The fourth-order valence-electron chi connectivity index (χ4n) is 2.06. The van der Waals surface area contributed by atoms with Gasteiger partial charge in [-0.05, 0) is 32.4 Å². The summed E-state index contributed by atoms with van der Waals surface area (Å²) in [5, 5.41) is 2.39. The number of hydrogen-bond acceptors (Lipinski definition) is 4. The SMILES string of the molecule is CC(C)(SN1CCC(F)C1)C(=O)Nc1cccc(C(F)(F)F)n1. The zero-order valence-corrected chi connectivity index (χ0v) is 13.5. The number of rotatable bonds is 4. The third-order valence-electron chi connectivity index (χ3n) is 3.28. The van der Waals surface area contributed by atoms with Gasteiger partial charge in [-0.15, -0.1) is 0 Å². The van der Waals surface area contributed by atoms with Crippen LogP contribution in [0, 0.1) is 0 Å². The normalized spacial score (nSPS) is 19.8. The number of hydrogen-bond donors (Lipinski definition) is 1. The Labute approximate surface area is 135 Å². The van der Waals surface area contributed by atoms with Crippen LogP contribution in [0.5, 0.6) is 0 Å². The second-order valence-electron chi connectivity index (χ2n) is 5.74. The van der Waals surface area contributed by atoms with Crippen molar-refractivity contribution in [2.45, 2.75) is 37.4 Å². The van der Waals surface area contributed by atoms with Gasteiger partial charge >= 0.3 is 6.18 Å². The highest BCUT2D eigenvalue weighted by Gasteiger charge is 2.36. The molecule has 128 valence electrons. The molecule has 0 aliphatic carbocycles. The van der Waals surface area contributed by atoms with Gasteiger partial charge in [0.1, 0.15) is 22.4 Å². The molecular weight excluding hydrogens is 334 g/mol. The average Bonchev–Trinajstić information content (AvgIpc) is 2.82. The molecule has 0 radical (unpaired) electrons. The second kappa shape index (κ2) is 6.64. The fourth-order valence-corrected chi connectivity index (χ4v) is 3.28. The lowest BCUT2D eigenvalue weighted by Crippen LogP contribution is -2.37. The molecule has 23 heavy (non-hydrogen) atoms. The van der Waals surface area contributed by atoms with E-state index in [4.69, 9.17) is 0 Å². The van der Waals surface area contributed by atoms with E-state index >= 15 is 0 Å². The van der Waals surface area contributed by atoms with E-state index in [1.807, 2.05) is 0 Å². The van der Waals surface area contributed by atoms with Gasteiger partial charge < -0.3 is 5.32 Å². The first-order chi connectivity index (χ1) is 10.6. The molecule has 0 bridgehead atoms. The zero-order valence-electron chi connectivity index (χ0n) is 12.7. The molecule has 2 heterocycles. The van der Waals surface area contributed by atoms with Crippen LogP contribution < -0.4 is 5.32 Å². The van der Waals surface area contributed by atoms with Gasteiger partial charge in [0.2, 0.25) is 5.91 Å². The van der Waals surface area contributed by atoms with Crippen molar-refractivity contribution >= 4 is 23.7 Å². The van der Waals surface area contributed by atoms with Crippen molar-refractivity contribution < 1.29 is 22.4 Å². The Bertz CT molecular complexity index is 579. The summed E-state index contributed by atoms with van der Waals surface area (Å²) in [5.74, 6) is -0.653. The quantitative estimate of drug-likeness (QED) is 0.666. The molecular formula is C14H17F4N3OS.